The van der Waals surface area contributed by atoms with E-state index in [1.165, 1.54) is 0 Å². The Labute approximate surface area is 135 Å². The summed E-state index contributed by atoms with van der Waals surface area (Å²) in [5.41, 5.74) is 0.555. The van der Waals surface area contributed by atoms with Crippen molar-refractivity contribution in [2.75, 3.05) is 25.2 Å². The number of nitrogens with zero attached hydrogens (tertiary/aromatic N) is 4. The van der Waals surface area contributed by atoms with Gasteiger partial charge in [0.1, 0.15) is 24.2 Å². The fraction of sp³-hybridized carbons (Fsp3) is 0.353. The Morgan fingerprint density at radius 1 is 1.35 bits per heavy atom. The zero-order valence-electron chi connectivity index (χ0n) is 12.9. The molecule has 1 aliphatic rings. The first kappa shape index (κ1) is 15.3. The number of hydrogen-bond acceptors (Lipinski definition) is 6. The Hall–Kier alpha value is -2.65. The predicted octanol–water partition coefficient (Wildman–Crippen LogP) is 2.02. The summed E-state index contributed by atoms with van der Waals surface area (Å²) < 4.78 is 11.3. The molecule has 0 N–H and O–H groups in total. The molecule has 118 valence electrons. The highest BCUT2D eigenvalue weighted by atomic mass is 16.5. The van der Waals surface area contributed by atoms with Crippen LogP contribution in [0.3, 0.4) is 0 Å². The fourth-order valence-corrected chi connectivity index (χ4v) is 2.73. The number of pyridine rings is 2. The number of methoxy groups -OCH3 is 1. The summed E-state index contributed by atoms with van der Waals surface area (Å²) in [6.45, 7) is 1.30. The van der Waals surface area contributed by atoms with Crippen LogP contribution in [0.2, 0.25) is 0 Å². The van der Waals surface area contributed by atoms with E-state index in [4.69, 9.17) is 14.7 Å². The molecule has 6 heteroatoms. The summed E-state index contributed by atoms with van der Waals surface area (Å²) in [5.74, 6) is 1.59. The third-order valence-corrected chi connectivity index (χ3v) is 3.96. The number of hydrogen-bond donors (Lipinski definition) is 0. The minimum atomic E-state index is 0.148. The largest absolute Gasteiger partial charge is 0.490 e. The van der Waals surface area contributed by atoms with Gasteiger partial charge in [-0.3, -0.25) is 4.98 Å². The predicted molar refractivity (Wildman–Crippen MR) is 85.2 cm³/mol. The van der Waals surface area contributed by atoms with Crippen LogP contribution in [0.15, 0.2) is 42.9 Å². The van der Waals surface area contributed by atoms with Gasteiger partial charge in [-0.2, -0.15) is 5.26 Å². The summed E-state index contributed by atoms with van der Waals surface area (Å²) >= 11 is 0. The van der Waals surface area contributed by atoms with E-state index in [1.54, 1.807) is 31.8 Å². The van der Waals surface area contributed by atoms with Gasteiger partial charge in [0.2, 0.25) is 0 Å². The molecule has 0 amide bonds. The molecule has 1 saturated heterocycles. The lowest BCUT2D eigenvalue weighted by Gasteiger charge is -2.25. The van der Waals surface area contributed by atoms with Crippen molar-refractivity contribution in [3.05, 3.63) is 48.4 Å². The molecule has 2 atom stereocenters. The van der Waals surface area contributed by atoms with Crippen molar-refractivity contribution in [1.82, 2.24) is 9.97 Å². The lowest BCUT2D eigenvalue weighted by Crippen LogP contribution is -2.35. The van der Waals surface area contributed by atoms with Crippen LogP contribution in [-0.2, 0) is 4.74 Å². The first-order valence-electron chi connectivity index (χ1n) is 7.48. The minimum Gasteiger partial charge on any atom is -0.490 e. The molecule has 3 heterocycles. The van der Waals surface area contributed by atoms with Gasteiger partial charge in [-0.15, -0.1) is 0 Å². The smallest absolute Gasteiger partial charge is 0.137 e. The lowest BCUT2D eigenvalue weighted by molar-refractivity contribution is 0.115. The Morgan fingerprint density at radius 3 is 2.91 bits per heavy atom. The molecule has 1 fully saturated rings. The van der Waals surface area contributed by atoms with Crippen LogP contribution in [0.4, 0.5) is 5.82 Å². The molecule has 1 aliphatic heterocycles. The van der Waals surface area contributed by atoms with E-state index in [0.717, 1.165) is 24.5 Å². The number of rotatable bonds is 5. The quantitative estimate of drug-likeness (QED) is 0.841. The van der Waals surface area contributed by atoms with Gasteiger partial charge >= 0.3 is 0 Å². The van der Waals surface area contributed by atoms with E-state index < -0.39 is 0 Å². The Morgan fingerprint density at radius 2 is 2.26 bits per heavy atom. The maximum absolute atomic E-state index is 8.89. The highest BCUT2D eigenvalue weighted by molar-refractivity contribution is 5.44. The Kier molecular flexibility index (Phi) is 4.69. The van der Waals surface area contributed by atoms with Crippen molar-refractivity contribution in [1.29, 1.82) is 5.26 Å². The zero-order valence-corrected chi connectivity index (χ0v) is 12.9. The first-order chi connectivity index (χ1) is 11.3. The average molecular weight is 310 g/mol. The number of nitriles is 1. The van der Waals surface area contributed by atoms with Crippen LogP contribution in [0.5, 0.6) is 5.75 Å². The molecule has 23 heavy (non-hydrogen) atoms. The van der Waals surface area contributed by atoms with Gasteiger partial charge in [0.05, 0.1) is 23.9 Å². The number of anilines is 1. The van der Waals surface area contributed by atoms with Crippen molar-refractivity contribution < 1.29 is 9.47 Å². The summed E-state index contributed by atoms with van der Waals surface area (Å²) in [7, 11) is 1.72. The summed E-state index contributed by atoms with van der Waals surface area (Å²) in [4.78, 5) is 10.6. The van der Waals surface area contributed by atoms with Crippen molar-refractivity contribution >= 4 is 5.82 Å². The molecule has 3 rings (SSSR count). The number of ether oxygens (including phenoxy) is 2. The van der Waals surface area contributed by atoms with E-state index in [0.29, 0.717) is 12.2 Å². The van der Waals surface area contributed by atoms with Crippen molar-refractivity contribution in [2.24, 2.45) is 0 Å². The van der Waals surface area contributed by atoms with Gasteiger partial charge in [-0.1, -0.05) is 0 Å². The van der Waals surface area contributed by atoms with Crippen LogP contribution >= 0.6 is 0 Å². The van der Waals surface area contributed by atoms with Gasteiger partial charge in [0.25, 0.3) is 0 Å². The lowest BCUT2D eigenvalue weighted by atomic mass is 10.2. The van der Waals surface area contributed by atoms with Gasteiger partial charge in [0.15, 0.2) is 0 Å². The highest BCUT2D eigenvalue weighted by Crippen LogP contribution is 2.26. The van der Waals surface area contributed by atoms with E-state index in [9.17, 15) is 0 Å². The van der Waals surface area contributed by atoms with Crippen LogP contribution in [0.1, 0.15) is 12.0 Å². The molecule has 0 saturated carbocycles. The van der Waals surface area contributed by atoms with Crippen LogP contribution in [-0.4, -0.2) is 42.4 Å². The van der Waals surface area contributed by atoms with Gasteiger partial charge in [-0.05, 0) is 30.7 Å². The second kappa shape index (κ2) is 7.07. The third-order valence-electron chi connectivity index (χ3n) is 3.96. The van der Waals surface area contributed by atoms with Crippen molar-refractivity contribution in [3.8, 4) is 11.8 Å². The van der Waals surface area contributed by atoms with Crippen LogP contribution < -0.4 is 9.64 Å². The normalized spacial score (nSPS) is 20.3. The van der Waals surface area contributed by atoms with E-state index in [-0.39, 0.29) is 12.1 Å². The topological polar surface area (TPSA) is 71.3 Å². The maximum Gasteiger partial charge on any atom is 0.137 e. The second-order valence-corrected chi connectivity index (χ2v) is 5.42. The molecule has 0 spiro atoms. The summed E-state index contributed by atoms with van der Waals surface area (Å²) in [6, 6.07) is 9.64. The van der Waals surface area contributed by atoms with E-state index in [2.05, 4.69) is 20.9 Å². The van der Waals surface area contributed by atoms with Crippen molar-refractivity contribution in [3.63, 3.8) is 0 Å². The van der Waals surface area contributed by atoms with Crippen LogP contribution in [0, 0.1) is 11.3 Å². The van der Waals surface area contributed by atoms with Crippen molar-refractivity contribution in [2.45, 2.75) is 18.6 Å². The molecule has 0 aliphatic carbocycles. The second-order valence-electron chi connectivity index (χ2n) is 5.42. The zero-order chi connectivity index (χ0) is 16.1. The molecule has 6 nitrogen and oxygen atoms in total. The molecule has 0 radical (unpaired) electrons. The monoisotopic (exact) mass is 310 g/mol. The molecular formula is C17H18N4O2. The van der Waals surface area contributed by atoms with E-state index in [1.807, 2.05) is 18.2 Å². The molecule has 0 unspecified atom stereocenters. The molecule has 0 aromatic carbocycles. The molecule has 0 bridgehead atoms. The SMILES string of the molecule is CO[C@@H]1C[C@@H](COc2cccnc2)N(c2ccc(C#N)cn2)C1. The van der Waals surface area contributed by atoms with Gasteiger partial charge < -0.3 is 14.4 Å². The minimum absolute atomic E-state index is 0.148. The van der Waals surface area contributed by atoms with Crippen LogP contribution in [0.25, 0.3) is 0 Å². The molecular weight excluding hydrogens is 292 g/mol. The Bertz CT molecular complexity index is 669. The highest BCUT2D eigenvalue weighted by Gasteiger charge is 2.33. The maximum atomic E-state index is 8.89. The van der Waals surface area contributed by atoms with E-state index >= 15 is 0 Å². The number of aromatic nitrogens is 2. The first-order valence-corrected chi connectivity index (χ1v) is 7.48. The van der Waals surface area contributed by atoms with Gasteiger partial charge in [0, 0.05) is 26.0 Å². The standard InChI is InChI=1S/C17H18N4O2/c1-22-16-7-14(12-23-15-3-2-6-19-10-15)21(11-16)17-5-4-13(8-18)9-20-17/h2-6,9-10,14,16H,7,11-12H2,1H3/t14-,16+/m0/s1. The summed E-state index contributed by atoms with van der Waals surface area (Å²) in [6.07, 6.45) is 6.03. The molecule has 2 aromatic rings. The third kappa shape index (κ3) is 3.58. The average Bonchev–Trinajstić information content (AvgIpc) is 3.04. The fourth-order valence-electron chi connectivity index (χ4n) is 2.73. The van der Waals surface area contributed by atoms with Gasteiger partial charge in [-0.25, -0.2) is 4.98 Å². The Balaban J connectivity index is 1.72. The molecule has 2 aromatic heterocycles. The summed E-state index contributed by atoms with van der Waals surface area (Å²) in [5, 5.41) is 8.89.